The topological polar surface area (TPSA) is 39.4 Å². The minimum absolute atomic E-state index is 0.0109. The van der Waals surface area contributed by atoms with E-state index in [9.17, 15) is 4.39 Å². The highest BCUT2D eigenvalue weighted by atomic mass is 19.1. The van der Waals surface area contributed by atoms with Crippen molar-refractivity contribution in [2.24, 2.45) is 4.99 Å². The molecule has 1 aliphatic rings. The van der Waals surface area contributed by atoms with E-state index in [1.165, 1.54) is 0 Å². The van der Waals surface area contributed by atoms with Crippen molar-refractivity contribution in [3.63, 3.8) is 0 Å². The summed E-state index contributed by atoms with van der Waals surface area (Å²) >= 11 is 0. The van der Waals surface area contributed by atoms with Crippen LogP contribution in [-0.2, 0) is 0 Å². The van der Waals surface area contributed by atoms with E-state index in [-0.39, 0.29) is 11.4 Å². The van der Waals surface area contributed by atoms with Gasteiger partial charge in [0.1, 0.15) is 5.82 Å². The first-order valence-electron chi connectivity index (χ1n) is 8.43. The van der Waals surface area contributed by atoms with Crippen LogP contribution < -0.4 is 4.90 Å². The number of aliphatic imine (C=N–C) groups is 1. The minimum atomic E-state index is -0.270. The van der Waals surface area contributed by atoms with Crippen molar-refractivity contribution in [1.82, 2.24) is 0 Å². The van der Waals surface area contributed by atoms with E-state index >= 15 is 0 Å². The molecule has 25 heavy (non-hydrogen) atoms. The highest BCUT2D eigenvalue weighted by Crippen LogP contribution is 2.43. The standard InChI is InChI=1S/C21H22FN3/c1-14-11-21(2,3)25(4)20-10-19(22)16(9-18(14)20)13-24-17-7-5-15(12-23)6-8-17/h5-10,13-14H,11H2,1-4H3. The maximum absolute atomic E-state index is 14.6. The number of benzene rings is 2. The third kappa shape index (κ3) is 3.28. The first-order valence-corrected chi connectivity index (χ1v) is 8.43. The lowest BCUT2D eigenvalue weighted by Gasteiger charge is -2.45. The van der Waals surface area contributed by atoms with Gasteiger partial charge in [-0.2, -0.15) is 5.26 Å². The number of anilines is 1. The highest BCUT2D eigenvalue weighted by Gasteiger charge is 2.34. The summed E-state index contributed by atoms with van der Waals surface area (Å²) in [7, 11) is 2.02. The van der Waals surface area contributed by atoms with Gasteiger partial charge >= 0.3 is 0 Å². The summed E-state index contributed by atoms with van der Waals surface area (Å²) in [6.45, 7) is 6.56. The van der Waals surface area contributed by atoms with Crippen molar-refractivity contribution in [2.45, 2.75) is 38.6 Å². The molecule has 0 saturated heterocycles. The van der Waals surface area contributed by atoms with Gasteiger partial charge in [-0.3, -0.25) is 4.99 Å². The molecule has 1 aliphatic heterocycles. The normalized spacial score (nSPS) is 18.9. The number of fused-ring (bicyclic) bond motifs is 1. The first kappa shape index (κ1) is 17.2. The summed E-state index contributed by atoms with van der Waals surface area (Å²) in [5, 5.41) is 8.83. The van der Waals surface area contributed by atoms with Crippen molar-refractivity contribution < 1.29 is 4.39 Å². The smallest absolute Gasteiger partial charge is 0.134 e. The molecule has 128 valence electrons. The molecular formula is C21H22FN3. The van der Waals surface area contributed by atoms with Crippen LogP contribution in [0.15, 0.2) is 41.4 Å². The van der Waals surface area contributed by atoms with Crippen molar-refractivity contribution >= 4 is 17.6 Å². The van der Waals surface area contributed by atoms with E-state index in [0.29, 0.717) is 22.7 Å². The van der Waals surface area contributed by atoms with Gasteiger partial charge in [0.05, 0.1) is 17.3 Å². The van der Waals surface area contributed by atoms with E-state index in [1.807, 2.05) is 13.1 Å². The largest absolute Gasteiger partial charge is 0.369 e. The zero-order chi connectivity index (χ0) is 18.2. The number of nitriles is 1. The highest BCUT2D eigenvalue weighted by molar-refractivity contribution is 5.84. The molecule has 0 amide bonds. The first-order chi connectivity index (χ1) is 11.8. The van der Waals surface area contributed by atoms with Crippen LogP contribution in [0.4, 0.5) is 15.8 Å². The quantitative estimate of drug-likeness (QED) is 0.710. The fourth-order valence-electron chi connectivity index (χ4n) is 3.47. The van der Waals surface area contributed by atoms with Gasteiger partial charge in [0.25, 0.3) is 0 Å². The van der Waals surface area contributed by atoms with E-state index in [2.05, 4.69) is 36.7 Å². The van der Waals surface area contributed by atoms with Gasteiger partial charge in [-0.15, -0.1) is 0 Å². The van der Waals surface area contributed by atoms with Gasteiger partial charge < -0.3 is 4.90 Å². The average molecular weight is 335 g/mol. The molecule has 1 heterocycles. The van der Waals surface area contributed by atoms with Crippen LogP contribution in [0.5, 0.6) is 0 Å². The molecule has 0 fully saturated rings. The van der Waals surface area contributed by atoms with Crippen molar-refractivity contribution in [3.05, 3.63) is 58.9 Å². The van der Waals surface area contributed by atoms with Crippen LogP contribution >= 0.6 is 0 Å². The van der Waals surface area contributed by atoms with E-state index in [1.54, 1.807) is 36.5 Å². The third-order valence-electron chi connectivity index (χ3n) is 5.10. The summed E-state index contributed by atoms with van der Waals surface area (Å²) in [5.41, 5.74) is 3.89. The van der Waals surface area contributed by atoms with Gasteiger partial charge in [0, 0.05) is 30.1 Å². The molecular weight excluding hydrogens is 313 g/mol. The fourth-order valence-corrected chi connectivity index (χ4v) is 3.47. The van der Waals surface area contributed by atoms with Gasteiger partial charge in [0.15, 0.2) is 0 Å². The molecule has 0 bridgehead atoms. The van der Waals surface area contributed by atoms with E-state index in [4.69, 9.17) is 5.26 Å². The summed E-state index contributed by atoms with van der Waals surface area (Å²) in [5.74, 6) is 0.0942. The number of rotatable bonds is 2. The second kappa shape index (κ2) is 6.33. The molecule has 1 unspecified atom stereocenters. The van der Waals surface area contributed by atoms with Gasteiger partial charge in [-0.1, -0.05) is 6.92 Å². The molecule has 0 aromatic heterocycles. The molecule has 3 rings (SSSR count). The second-order valence-corrected chi connectivity index (χ2v) is 7.33. The van der Waals surface area contributed by atoms with Gasteiger partial charge in [0.2, 0.25) is 0 Å². The predicted octanol–water partition coefficient (Wildman–Crippen LogP) is 5.17. The van der Waals surface area contributed by atoms with Crippen molar-refractivity contribution in [3.8, 4) is 6.07 Å². The Hall–Kier alpha value is -2.67. The Kier molecular flexibility index (Phi) is 4.34. The van der Waals surface area contributed by atoms with Gasteiger partial charge in [-0.25, -0.2) is 4.39 Å². The van der Waals surface area contributed by atoms with Crippen molar-refractivity contribution in [1.29, 1.82) is 5.26 Å². The monoisotopic (exact) mass is 335 g/mol. The average Bonchev–Trinajstić information content (AvgIpc) is 2.58. The Morgan fingerprint density at radius 2 is 1.96 bits per heavy atom. The van der Waals surface area contributed by atoms with Crippen LogP contribution in [0.2, 0.25) is 0 Å². The number of nitrogens with zero attached hydrogens (tertiary/aromatic N) is 3. The van der Waals surface area contributed by atoms with Crippen LogP contribution in [0, 0.1) is 17.1 Å². The molecule has 0 saturated carbocycles. The van der Waals surface area contributed by atoms with E-state index < -0.39 is 0 Å². The molecule has 2 aromatic carbocycles. The zero-order valence-corrected chi connectivity index (χ0v) is 15.0. The van der Waals surface area contributed by atoms with Crippen LogP contribution in [0.1, 0.15) is 49.8 Å². The lowest BCUT2D eigenvalue weighted by molar-refractivity contribution is 0.394. The molecule has 2 aromatic rings. The van der Waals surface area contributed by atoms with Gasteiger partial charge in [-0.05, 0) is 68.1 Å². The third-order valence-corrected chi connectivity index (χ3v) is 5.10. The Labute approximate surface area is 148 Å². The molecule has 3 nitrogen and oxygen atoms in total. The molecule has 0 radical (unpaired) electrons. The summed E-state index contributed by atoms with van der Waals surface area (Å²) in [6.07, 6.45) is 2.58. The molecule has 1 atom stereocenters. The predicted molar refractivity (Wildman–Crippen MR) is 100 cm³/mol. The second-order valence-electron chi connectivity index (χ2n) is 7.33. The van der Waals surface area contributed by atoms with Crippen molar-refractivity contribution in [2.75, 3.05) is 11.9 Å². The Bertz CT molecular complexity index is 860. The Morgan fingerprint density at radius 1 is 1.28 bits per heavy atom. The maximum Gasteiger partial charge on any atom is 0.134 e. The summed E-state index contributed by atoms with van der Waals surface area (Å²) in [4.78, 5) is 6.51. The number of hydrogen-bond acceptors (Lipinski definition) is 3. The zero-order valence-electron chi connectivity index (χ0n) is 15.0. The number of hydrogen-bond donors (Lipinski definition) is 0. The van der Waals surface area contributed by atoms with Crippen LogP contribution in [0.3, 0.4) is 0 Å². The maximum atomic E-state index is 14.6. The van der Waals surface area contributed by atoms with E-state index in [0.717, 1.165) is 17.7 Å². The lowest BCUT2D eigenvalue weighted by Crippen LogP contribution is -2.45. The number of halogens is 1. The fraction of sp³-hybridized carbons (Fsp3) is 0.333. The lowest BCUT2D eigenvalue weighted by atomic mass is 9.80. The SMILES string of the molecule is CC1CC(C)(C)N(C)c2cc(F)c(C=Nc3ccc(C#N)cc3)cc21. The van der Waals surface area contributed by atoms with Crippen LogP contribution in [-0.4, -0.2) is 18.8 Å². The Balaban J connectivity index is 1.95. The molecule has 0 spiro atoms. The molecule has 0 aliphatic carbocycles. The summed E-state index contributed by atoms with van der Waals surface area (Å²) < 4.78 is 14.6. The van der Waals surface area contributed by atoms with Crippen LogP contribution in [0.25, 0.3) is 0 Å². The summed E-state index contributed by atoms with van der Waals surface area (Å²) in [6, 6.07) is 12.5. The molecule has 4 heteroatoms. The molecule has 0 N–H and O–H groups in total. The minimum Gasteiger partial charge on any atom is -0.369 e. The Morgan fingerprint density at radius 3 is 2.60 bits per heavy atom.